The van der Waals surface area contributed by atoms with Crippen molar-refractivity contribution in [2.45, 2.75) is 38.0 Å². The fourth-order valence-electron chi connectivity index (χ4n) is 4.31. The maximum Gasteiger partial charge on any atom is 0.252 e. The number of nitrogens with zero attached hydrogens (tertiary/aromatic N) is 2. The van der Waals surface area contributed by atoms with Gasteiger partial charge in [0.25, 0.3) is 5.91 Å². The minimum Gasteiger partial charge on any atom is -0.351 e. The third-order valence-corrected chi connectivity index (χ3v) is 8.13. The fourth-order valence-corrected chi connectivity index (χ4v) is 6.28. The van der Waals surface area contributed by atoms with Gasteiger partial charge in [0.05, 0.1) is 10.5 Å². The van der Waals surface area contributed by atoms with Crippen LogP contribution in [0, 0.1) is 11.8 Å². The number of rotatable bonds is 6. The number of sulfonamides is 1. The van der Waals surface area contributed by atoms with Crippen LogP contribution in [-0.4, -0.2) is 62.8 Å². The lowest BCUT2D eigenvalue weighted by atomic mass is 9.92. The second-order valence-electron chi connectivity index (χ2n) is 8.21. The summed E-state index contributed by atoms with van der Waals surface area (Å²) in [6.45, 7) is 9.12. The molecule has 1 amide bonds. The average molecular weight is 472 g/mol. The first kappa shape index (κ1) is 21.7. The van der Waals surface area contributed by atoms with E-state index in [1.807, 2.05) is 0 Å². The van der Waals surface area contributed by atoms with E-state index in [9.17, 15) is 13.2 Å². The molecule has 0 saturated carbocycles. The van der Waals surface area contributed by atoms with Crippen LogP contribution >= 0.6 is 15.9 Å². The molecule has 0 radical (unpaired) electrons. The Morgan fingerprint density at radius 2 is 1.82 bits per heavy atom. The smallest absolute Gasteiger partial charge is 0.252 e. The number of benzene rings is 1. The van der Waals surface area contributed by atoms with Crippen molar-refractivity contribution in [1.29, 1.82) is 0 Å². The second kappa shape index (κ2) is 9.24. The van der Waals surface area contributed by atoms with Crippen molar-refractivity contribution in [2.24, 2.45) is 11.8 Å². The van der Waals surface area contributed by atoms with E-state index in [1.165, 1.54) is 16.8 Å². The van der Waals surface area contributed by atoms with Crippen molar-refractivity contribution in [2.75, 3.05) is 39.3 Å². The van der Waals surface area contributed by atoms with E-state index in [0.717, 1.165) is 32.5 Å². The molecule has 6 nitrogen and oxygen atoms in total. The Morgan fingerprint density at radius 1 is 1.18 bits per heavy atom. The molecular formula is C20H30BrN3O3S. The highest BCUT2D eigenvalue weighted by Gasteiger charge is 2.28. The predicted octanol–water partition coefficient (Wildman–Crippen LogP) is 2.94. The monoisotopic (exact) mass is 471 g/mol. The minimum atomic E-state index is -3.54. The molecule has 2 saturated heterocycles. The van der Waals surface area contributed by atoms with E-state index < -0.39 is 10.0 Å². The molecule has 28 heavy (non-hydrogen) atoms. The van der Waals surface area contributed by atoms with Crippen LogP contribution in [0.25, 0.3) is 0 Å². The first-order valence-corrected chi connectivity index (χ1v) is 12.3. The minimum absolute atomic E-state index is 0.182. The maximum atomic E-state index is 12.8. The largest absolute Gasteiger partial charge is 0.351 e. The standard InChI is InChI=1S/C20H30BrN3O3S/c1-15-11-16(2)14-23(13-15)10-7-22-20(25)18-12-17(5-6-19(18)21)28(26,27)24-8-3-4-9-24/h5-6,12,15-16H,3-4,7-11,13-14H2,1-2H3,(H,22,25). The van der Waals surface area contributed by atoms with Gasteiger partial charge in [0.15, 0.2) is 0 Å². The summed E-state index contributed by atoms with van der Waals surface area (Å²) in [4.78, 5) is 15.2. The molecule has 2 heterocycles. The molecule has 156 valence electrons. The highest BCUT2D eigenvalue weighted by Crippen LogP contribution is 2.25. The number of halogens is 1. The van der Waals surface area contributed by atoms with Gasteiger partial charge in [0.2, 0.25) is 10.0 Å². The number of amides is 1. The van der Waals surface area contributed by atoms with Crippen LogP contribution in [0.1, 0.15) is 43.5 Å². The third-order valence-electron chi connectivity index (χ3n) is 5.54. The number of hydrogen-bond acceptors (Lipinski definition) is 4. The van der Waals surface area contributed by atoms with Crippen molar-refractivity contribution in [3.05, 3.63) is 28.2 Å². The molecule has 3 rings (SSSR count). The van der Waals surface area contributed by atoms with Gasteiger partial charge in [-0.05, 0) is 65.2 Å². The summed E-state index contributed by atoms with van der Waals surface area (Å²) in [5, 5.41) is 2.95. The van der Waals surface area contributed by atoms with E-state index in [-0.39, 0.29) is 10.8 Å². The summed E-state index contributed by atoms with van der Waals surface area (Å²) >= 11 is 3.39. The third kappa shape index (κ3) is 5.14. The molecule has 0 spiro atoms. The average Bonchev–Trinajstić information content (AvgIpc) is 3.16. The summed E-state index contributed by atoms with van der Waals surface area (Å²) < 4.78 is 27.6. The highest BCUT2D eigenvalue weighted by atomic mass is 79.9. The molecule has 2 aliphatic heterocycles. The van der Waals surface area contributed by atoms with E-state index >= 15 is 0 Å². The Balaban J connectivity index is 1.63. The SMILES string of the molecule is CC1CC(C)CN(CCNC(=O)c2cc(S(=O)(=O)N3CCCC3)ccc2Br)C1. The van der Waals surface area contributed by atoms with Crippen molar-refractivity contribution < 1.29 is 13.2 Å². The molecule has 2 unspecified atom stereocenters. The Bertz CT molecular complexity index is 799. The van der Waals surface area contributed by atoms with E-state index in [4.69, 9.17) is 0 Å². The molecular weight excluding hydrogens is 442 g/mol. The van der Waals surface area contributed by atoms with Gasteiger partial charge in [-0.15, -0.1) is 0 Å². The summed E-state index contributed by atoms with van der Waals surface area (Å²) in [5.41, 5.74) is 0.362. The van der Waals surface area contributed by atoms with Gasteiger partial charge in [0.1, 0.15) is 0 Å². The highest BCUT2D eigenvalue weighted by molar-refractivity contribution is 9.10. The van der Waals surface area contributed by atoms with Crippen LogP contribution in [-0.2, 0) is 10.0 Å². The molecule has 1 aromatic rings. The van der Waals surface area contributed by atoms with Crippen LogP contribution in [0.4, 0.5) is 0 Å². The summed E-state index contributed by atoms with van der Waals surface area (Å²) in [5.74, 6) is 1.12. The zero-order chi connectivity index (χ0) is 20.3. The summed E-state index contributed by atoms with van der Waals surface area (Å²) in [6, 6.07) is 4.69. The Kier molecular flexibility index (Phi) is 7.17. The van der Waals surface area contributed by atoms with Gasteiger partial charge in [-0.1, -0.05) is 13.8 Å². The quantitative estimate of drug-likeness (QED) is 0.692. The topological polar surface area (TPSA) is 69.7 Å². The zero-order valence-electron chi connectivity index (χ0n) is 16.7. The number of likely N-dealkylation sites (tertiary alicyclic amines) is 1. The molecule has 8 heteroatoms. The van der Waals surface area contributed by atoms with Crippen molar-refractivity contribution in [3.63, 3.8) is 0 Å². The normalized spacial score (nSPS) is 24.4. The van der Waals surface area contributed by atoms with Crippen LogP contribution in [0.5, 0.6) is 0 Å². The van der Waals surface area contributed by atoms with Crippen LogP contribution in [0.15, 0.2) is 27.6 Å². The second-order valence-corrected chi connectivity index (χ2v) is 11.0. The van der Waals surface area contributed by atoms with E-state index in [1.54, 1.807) is 12.1 Å². The molecule has 0 bridgehead atoms. The Labute approximate surface area is 176 Å². The van der Waals surface area contributed by atoms with Gasteiger partial charge in [-0.3, -0.25) is 4.79 Å². The number of piperidine rings is 1. The van der Waals surface area contributed by atoms with Gasteiger partial charge in [0, 0.05) is 43.7 Å². The van der Waals surface area contributed by atoms with E-state index in [2.05, 4.69) is 40.0 Å². The van der Waals surface area contributed by atoms with Crippen molar-refractivity contribution in [1.82, 2.24) is 14.5 Å². The maximum absolute atomic E-state index is 12.8. The van der Waals surface area contributed by atoms with Crippen LogP contribution < -0.4 is 5.32 Å². The first-order valence-electron chi connectivity index (χ1n) is 10.1. The van der Waals surface area contributed by atoms with E-state index in [0.29, 0.717) is 41.5 Å². The van der Waals surface area contributed by atoms with Gasteiger partial charge in [-0.25, -0.2) is 8.42 Å². The predicted molar refractivity (Wildman–Crippen MR) is 114 cm³/mol. The first-order chi connectivity index (χ1) is 13.3. The van der Waals surface area contributed by atoms with Crippen LogP contribution in [0.2, 0.25) is 0 Å². The fraction of sp³-hybridized carbons (Fsp3) is 0.650. The lowest BCUT2D eigenvalue weighted by Gasteiger charge is -2.34. The molecule has 2 atom stereocenters. The molecule has 1 aromatic carbocycles. The van der Waals surface area contributed by atoms with Gasteiger partial charge >= 0.3 is 0 Å². The number of hydrogen-bond donors (Lipinski definition) is 1. The molecule has 0 aromatic heterocycles. The molecule has 2 fully saturated rings. The lowest BCUT2D eigenvalue weighted by Crippen LogP contribution is -2.42. The summed E-state index contributed by atoms with van der Waals surface area (Å²) in [7, 11) is -3.54. The zero-order valence-corrected chi connectivity index (χ0v) is 19.1. The number of carbonyl (C=O) groups excluding carboxylic acids is 1. The van der Waals surface area contributed by atoms with Gasteiger partial charge in [-0.2, -0.15) is 4.31 Å². The van der Waals surface area contributed by atoms with Crippen molar-refractivity contribution in [3.8, 4) is 0 Å². The van der Waals surface area contributed by atoms with Crippen LogP contribution in [0.3, 0.4) is 0 Å². The molecule has 2 aliphatic rings. The number of carbonyl (C=O) groups is 1. The lowest BCUT2D eigenvalue weighted by molar-refractivity contribution is 0.0935. The molecule has 0 aliphatic carbocycles. The Hall–Kier alpha value is -0.960. The van der Waals surface area contributed by atoms with Crippen molar-refractivity contribution >= 4 is 31.9 Å². The van der Waals surface area contributed by atoms with Gasteiger partial charge < -0.3 is 10.2 Å². The number of nitrogens with one attached hydrogen (secondary N) is 1. The summed E-state index contributed by atoms with van der Waals surface area (Å²) in [6.07, 6.45) is 3.03. The Morgan fingerprint density at radius 3 is 2.46 bits per heavy atom. The molecule has 1 N–H and O–H groups in total.